The van der Waals surface area contributed by atoms with Crippen LogP contribution in [-0.2, 0) is 22.3 Å². The van der Waals surface area contributed by atoms with Gasteiger partial charge in [-0.1, -0.05) is 84.4 Å². The lowest BCUT2D eigenvalue weighted by Gasteiger charge is -2.28. The van der Waals surface area contributed by atoms with Crippen LogP contribution in [0.4, 0.5) is 40.7 Å². The number of aliphatic hydroxyl groups excluding tert-OH is 1. The van der Waals surface area contributed by atoms with E-state index < -0.39 is 18.8 Å². The van der Waals surface area contributed by atoms with Gasteiger partial charge in [0.1, 0.15) is 22.9 Å². The minimum atomic E-state index is -4.79. The van der Waals surface area contributed by atoms with Crippen LogP contribution in [0.15, 0.2) is 122 Å². The fraction of sp³-hybridized carbons (Fsp3) is 0.514. The van der Waals surface area contributed by atoms with Crippen LogP contribution in [0.3, 0.4) is 0 Å². The normalized spacial score (nSPS) is 11.4. The minimum Gasteiger partial charge on any atom is -0.450 e. The summed E-state index contributed by atoms with van der Waals surface area (Å²) in [5.74, 6) is 4.34. The van der Waals surface area contributed by atoms with Gasteiger partial charge in [0.05, 0.1) is 24.3 Å². The van der Waals surface area contributed by atoms with Crippen molar-refractivity contribution in [1.82, 2.24) is 50.0 Å². The van der Waals surface area contributed by atoms with E-state index in [0.717, 1.165) is 98.0 Å². The molecule has 28 heteroatoms. The molecule has 1 saturated heterocycles. The monoisotopic (exact) mass is 1470 g/mol. The van der Waals surface area contributed by atoms with E-state index in [1.54, 1.807) is 9.80 Å². The Morgan fingerprint density at radius 1 is 0.630 bits per heavy atom. The number of halogens is 9. The molecule has 100 heavy (non-hydrogen) atoms. The Labute approximate surface area is 602 Å². The van der Waals surface area contributed by atoms with E-state index >= 15 is 0 Å². The Balaban J connectivity index is 0.000000753. The molecule has 3 amide bonds. The van der Waals surface area contributed by atoms with Crippen LogP contribution in [0, 0.1) is 24.7 Å². The maximum absolute atomic E-state index is 13.4. The Kier molecular flexibility index (Phi) is 49.0. The molecule has 6 aromatic rings. The van der Waals surface area contributed by atoms with E-state index in [-0.39, 0.29) is 47.9 Å². The molecule has 4 N–H and O–H groups in total. The van der Waals surface area contributed by atoms with Crippen LogP contribution >= 0.6 is 35.6 Å². The predicted molar refractivity (Wildman–Crippen MR) is 384 cm³/mol. The lowest BCUT2D eigenvalue weighted by molar-refractivity contribution is -0.275. The highest BCUT2D eigenvalue weighted by Crippen LogP contribution is 2.27. The van der Waals surface area contributed by atoms with Crippen molar-refractivity contribution >= 4 is 53.8 Å². The number of nitrogens with one attached hydrogen (secondary N) is 1. The highest BCUT2D eigenvalue weighted by atomic mass is 35.5. The number of aromatic nitrogens is 6. The van der Waals surface area contributed by atoms with Crippen molar-refractivity contribution in [1.29, 1.82) is 0 Å². The molecule has 0 atom stereocenters. The molecule has 0 radical (unpaired) electrons. The van der Waals surface area contributed by atoms with Crippen molar-refractivity contribution in [3.8, 4) is 58.7 Å². The number of carbonyl (C=O) groups is 3. The number of amides is 3. The van der Waals surface area contributed by atoms with Crippen LogP contribution in [-0.4, -0.2) is 170 Å². The van der Waals surface area contributed by atoms with Crippen LogP contribution in [0.25, 0.3) is 22.5 Å². The Hall–Kier alpha value is -7.62. The first kappa shape index (κ1) is 90.4. The second-order valence-electron chi connectivity index (χ2n) is 22.7. The zero-order valence-corrected chi connectivity index (χ0v) is 60.3. The molecule has 3 heterocycles. The number of alkyl halides is 8. The average molecular weight is 1470 g/mol. The van der Waals surface area contributed by atoms with Crippen LogP contribution < -0.4 is 20.5 Å². The standard InChI is InChI=1S/C30H34F3N5O4.C23H26F3N5O2.C8H19N.C6H10O.C4H8O.CH2Cl2.ClH/c1-2-3-4-11-22-41-28(39)34-19-9-6-10-20-37(21-18-24-12-7-5-8-13-24)29(40)38-23-27(35-36-38)25-14-16-26(17-15-25)42-30(31,32)33;24-23(25,26)33-20-11-9-19(10-12-20)21-17-31(29-28-21)22(32)30(15-6-2-5-14-27)16-13-18-7-3-1-4-8-18;1-6-9(7(2)3)8(4)5;1-2-3-4-5-6-7;1-2-4-5-3-1;2-1-3;/h1,5,7-8,12-17,23H,3-4,6,9-11,18-22H2,(H,34,39);1,3-4,7-12,17H,2,5-6,13-16,27H2;7-8H,6H2,1-5H3;1,7H,3-6H2;1-4H2;1H2;1H. The maximum atomic E-state index is 13.4. The summed E-state index contributed by atoms with van der Waals surface area (Å²) >= 11 is 9.53. The Bertz CT molecular complexity index is 3140. The predicted octanol–water partition coefficient (Wildman–Crippen LogP) is 16.1. The van der Waals surface area contributed by atoms with Gasteiger partial charge in [-0.25, -0.2) is 14.4 Å². The van der Waals surface area contributed by atoms with E-state index in [1.807, 2.05) is 60.7 Å². The second-order valence-corrected chi connectivity index (χ2v) is 23.5. The number of benzene rings is 4. The highest BCUT2D eigenvalue weighted by Gasteiger charge is 2.32. The number of aliphatic hydroxyl groups is 1. The minimum absolute atomic E-state index is 0. The molecule has 1 aliphatic rings. The van der Waals surface area contributed by atoms with Crippen LogP contribution in [0.2, 0.25) is 0 Å². The maximum Gasteiger partial charge on any atom is 0.573 e. The third-order valence-electron chi connectivity index (χ3n) is 14.4. The van der Waals surface area contributed by atoms with Gasteiger partial charge in [-0.3, -0.25) is 4.90 Å². The highest BCUT2D eigenvalue weighted by molar-refractivity contribution is 6.40. The molecular weight excluding hydrogens is 1370 g/mol. The average Bonchev–Trinajstić information content (AvgIpc) is 1.68. The van der Waals surface area contributed by atoms with Crippen LogP contribution in [0.1, 0.15) is 136 Å². The largest absolute Gasteiger partial charge is 0.573 e. The molecule has 1 fully saturated rings. The first-order valence-electron chi connectivity index (χ1n) is 33.3. The molecule has 0 bridgehead atoms. The third kappa shape index (κ3) is 41.8. The van der Waals surface area contributed by atoms with Gasteiger partial charge in [-0.2, -0.15) is 9.36 Å². The number of unbranched alkanes of at least 4 members (excludes halogenated alkanes) is 8. The summed E-state index contributed by atoms with van der Waals surface area (Å²) in [6, 6.07) is 30.8. The fourth-order valence-corrected chi connectivity index (χ4v) is 9.49. The number of hydrogen-bond acceptors (Lipinski definition) is 14. The molecule has 0 unspecified atom stereocenters. The number of hydrogen-bond donors (Lipinski definition) is 3. The summed E-state index contributed by atoms with van der Waals surface area (Å²) in [6.07, 6.45) is 16.5. The SMILES string of the molecule is C#CCCCCO.C#CCCCCOC(=O)NCCCCCN(CCc1ccccc1)C(=O)n1cc(-c2ccc(OC(F)(F)F)cc2)nn1.C1CCOC1.CCN(C(C)C)C(C)C.Cl.ClCCl.NCCCCCN(CCc1ccccc1)C(=O)n1cc(-c2ccc(OC(F)(F)F)cc2)nn1. The summed E-state index contributed by atoms with van der Waals surface area (Å²) in [5.41, 5.74) is 9.47. The summed E-state index contributed by atoms with van der Waals surface area (Å²) < 4.78 is 94.5. The molecular formula is C72H100Cl3F6N11O8. The molecule has 0 spiro atoms. The van der Waals surface area contributed by atoms with E-state index in [2.05, 4.69) is 86.8 Å². The zero-order chi connectivity index (χ0) is 73.1. The zero-order valence-electron chi connectivity index (χ0n) is 58.0. The Morgan fingerprint density at radius 3 is 1.40 bits per heavy atom. The fourth-order valence-electron chi connectivity index (χ4n) is 9.49. The number of nitrogens with two attached hydrogens (primary N) is 1. The van der Waals surface area contributed by atoms with E-state index in [0.29, 0.717) is 113 Å². The van der Waals surface area contributed by atoms with Crippen LogP contribution in [0.5, 0.6) is 11.5 Å². The van der Waals surface area contributed by atoms with Gasteiger partial charge in [-0.15, -0.1) is 96.8 Å². The van der Waals surface area contributed by atoms with Crippen molar-refractivity contribution in [2.45, 2.75) is 162 Å². The van der Waals surface area contributed by atoms with Crippen molar-refractivity contribution in [2.24, 2.45) is 5.73 Å². The first-order valence-corrected chi connectivity index (χ1v) is 34.4. The summed E-state index contributed by atoms with van der Waals surface area (Å²) in [7, 11) is 0. The molecule has 2 aromatic heterocycles. The quantitative estimate of drug-likeness (QED) is 0.0160. The number of ether oxygens (including phenoxy) is 4. The molecule has 7 rings (SSSR count). The van der Waals surface area contributed by atoms with E-state index in [9.17, 15) is 40.7 Å². The number of rotatable bonds is 31. The molecule has 554 valence electrons. The number of alkyl carbamates (subject to hydrolysis) is 1. The summed E-state index contributed by atoms with van der Waals surface area (Å²) in [5, 5.41) is 27.1. The van der Waals surface area contributed by atoms with Gasteiger partial charge in [-0.05, 0) is 184 Å². The van der Waals surface area contributed by atoms with Crippen molar-refractivity contribution < 1.29 is 64.8 Å². The first-order chi connectivity index (χ1) is 47.5. The molecule has 0 aliphatic carbocycles. The Morgan fingerprint density at radius 2 is 1.05 bits per heavy atom. The summed E-state index contributed by atoms with van der Waals surface area (Å²) in [4.78, 5) is 44.1. The lowest BCUT2D eigenvalue weighted by atomic mass is 10.1. The smallest absolute Gasteiger partial charge is 0.450 e. The van der Waals surface area contributed by atoms with Gasteiger partial charge in [0.25, 0.3) is 0 Å². The molecule has 1 aliphatic heterocycles. The van der Waals surface area contributed by atoms with Gasteiger partial charge in [0, 0.05) is 88.6 Å². The number of carbonyl (C=O) groups excluding carboxylic acids is 3. The van der Waals surface area contributed by atoms with E-state index in [4.69, 9.17) is 56.4 Å². The molecule has 19 nitrogen and oxygen atoms in total. The lowest BCUT2D eigenvalue weighted by Crippen LogP contribution is -2.37. The van der Waals surface area contributed by atoms with Gasteiger partial charge >= 0.3 is 30.9 Å². The van der Waals surface area contributed by atoms with E-state index in [1.165, 1.54) is 73.8 Å². The number of nitrogens with zero attached hydrogens (tertiary/aromatic N) is 9. The number of terminal acetylenes is 2. The second kappa shape index (κ2) is 54.2. The van der Waals surface area contributed by atoms with Crippen molar-refractivity contribution in [3.05, 3.63) is 133 Å². The molecule has 4 aromatic carbocycles. The van der Waals surface area contributed by atoms with Gasteiger partial charge < -0.3 is 44.9 Å². The van der Waals surface area contributed by atoms with Gasteiger partial charge in [0.2, 0.25) is 0 Å². The summed E-state index contributed by atoms with van der Waals surface area (Å²) in [6.45, 7) is 18.0. The third-order valence-corrected chi connectivity index (χ3v) is 14.4. The van der Waals surface area contributed by atoms with Crippen molar-refractivity contribution in [3.63, 3.8) is 0 Å². The molecule has 0 saturated carbocycles. The topological polar surface area (TPSA) is 218 Å². The van der Waals surface area contributed by atoms with Gasteiger partial charge in [0.15, 0.2) is 0 Å². The van der Waals surface area contributed by atoms with Crippen molar-refractivity contribution in [2.75, 3.05) is 77.6 Å².